The van der Waals surface area contributed by atoms with Crippen LogP contribution < -0.4 is 0 Å². The van der Waals surface area contributed by atoms with E-state index in [9.17, 15) is 24.6 Å². The lowest BCUT2D eigenvalue weighted by Gasteiger charge is -2.62. The Morgan fingerprint density at radius 3 is 1.91 bits per heavy atom. The van der Waals surface area contributed by atoms with Gasteiger partial charge in [0.2, 0.25) is 0 Å². The van der Waals surface area contributed by atoms with Gasteiger partial charge in [-0.1, -0.05) is 61.3 Å². The molecule has 0 aromatic rings. The fourth-order valence-corrected chi connectivity index (χ4v) is 17.1. The van der Waals surface area contributed by atoms with Gasteiger partial charge in [0.05, 0.1) is 12.2 Å². The second kappa shape index (κ2) is 15.2. The van der Waals surface area contributed by atoms with Gasteiger partial charge >= 0.3 is 5.97 Å². The average Bonchev–Trinajstić information content (AvgIpc) is 3.66. The minimum atomic E-state index is -0.684. The molecule has 0 spiro atoms. The fourth-order valence-electron chi connectivity index (χ4n) is 17.1. The Bertz CT molecular complexity index is 1410. The number of aliphatic carboxylic acids is 1. The Hall–Kier alpha value is -1.27. The second-order valence-corrected chi connectivity index (χ2v) is 22.2. The first kappa shape index (κ1) is 40.9. The van der Waals surface area contributed by atoms with Crippen molar-refractivity contribution in [3.8, 4) is 0 Å². The third-order valence-corrected chi connectivity index (χ3v) is 20.0. The zero-order valence-electron chi connectivity index (χ0n) is 35.3. The zero-order chi connectivity index (χ0) is 39.0. The predicted molar refractivity (Wildman–Crippen MR) is 213 cm³/mol. The molecule has 8 aliphatic rings. The minimum absolute atomic E-state index is 0.179. The molecule has 0 bridgehead atoms. The first-order chi connectivity index (χ1) is 25.5. The normalized spacial score (nSPS) is 50.5. The molecule has 0 aromatic carbocycles. The first-order valence-corrected chi connectivity index (χ1v) is 23.1. The van der Waals surface area contributed by atoms with E-state index >= 15 is 0 Å². The lowest BCUT2D eigenvalue weighted by Crippen LogP contribution is -2.58. The van der Waals surface area contributed by atoms with Gasteiger partial charge in [0, 0.05) is 31.6 Å². The van der Waals surface area contributed by atoms with E-state index < -0.39 is 5.97 Å². The number of aliphatic hydroxyl groups excluding tert-OH is 2. The van der Waals surface area contributed by atoms with Crippen LogP contribution in [-0.4, -0.2) is 45.1 Å². The monoisotopic (exact) mass is 751 g/mol. The molecule has 6 nitrogen and oxygen atoms in total. The van der Waals surface area contributed by atoms with E-state index in [2.05, 4.69) is 48.5 Å². The van der Waals surface area contributed by atoms with Gasteiger partial charge in [-0.05, 0) is 177 Å². The number of hydrogen-bond donors (Lipinski definition) is 3. The summed E-state index contributed by atoms with van der Waals surface area (Å²) >= 11 is 0. The summed E-state index contributed by atoms with van der Waals surface area (Å²) in [6.45, 7) is 16.9. The van der Waals surface area contributed by atoms with Crippen LogP contribution in [0.2, 0.25) is 0 Å². The largest absolute Gasteiger partial charge is 0.481 e. The standard InChI is InChI=1S/C24H40O4.C24H38O2/c1-14(4-7-21(27)28)17-5-6-18-22-19(9-11-24(17,18)3)23(2)10-8-16(25)12-15(23)13-20(22)26;1-5-6-15(2)18-7-8-19-22-20(10-12-24(18,19)4)23(3)11-9-17(25)13-16(23)14-21(22)26/h14-20,22,25-26H,4-13H2,1-3H3,(H,27,28);15-16,18-20,22H,5-14H2,1-4H3/t14-,15+,16+,17-,18?,19?,20?,22+,23+,24-;15-,16+,18-,19?,20?,22+,23+,24-/m11/s1. The van der Waals surface area contributed by atoms with E-state index in [1.54, 1.807) is 0 Å². The van der Waals surface area contributed by atoms with Crippen molar-refractivity contribution in [1.29, 1.82) is 0 Å². The highest BCUT2D eigenvalue weighted by Crippen LogP contribution is 2.69. The highest BCUT2D eigenvalue weighted by Gasteiger charge is 2.64. The van der Waals surface area contributed by atoms with Gasteiger partial charge < -0.3 is 15.3 Å². The summed E-state index contributed by atoms with van der Waals surface area (Å²) in [7, 11) is 0. The number of carbonyl (C=O) groups excluding carboxylic acids is 2. The molecule has 8 aliphatic carbocycles. The van der Waals surface area contributed by atoms with Gasteiger partial charge in [0.1, 0.15) is 11.6 Å². The van der Waals surface area contributed by atoms with Crippen molar-refractivity contribution >= 4 is 17.5 Å². The molecule has 0 aromatic heterocycles. The summed E-state index contributed by atoms with van der Waals surface area (Å²) in [5.41, 5.74) is 1.13. The molecule has 306 valence electrons. The van der Waals surface area contributed by atoms with Crippen LogP contribution in [0.25, 0.3) is 0 Å². The van der Waals surface area contributed by atoms with Crippen molar-refractivity contribution < 1.29 is 29.7 Å². The highest BCUT2D eigenvalue weighted by atomic mass is 16.4. The van der Waals surface area contributed by atoms with Crippen LogP contribution in [0.15, 0.2) is 0 Å². The molecule has 18 atom stereocenters. The number of hydrogen-bond acceptors (Lipinski definition) is 5. The lowest BCUT2D eigenvalue weighted by molar-refractivity contribution is -0.174. The van der Waals surface area contributed by atoms with Crippen molar-refractivity contribution in [3.05, 3.63) is 0 Å². The molecule has 0 radical (unpaired) electrons. The lowest BCUT2D eigenvalue weighted by atomic mass is 9.43. The number of carboxylic acid groups (broad SMARTS) is 1. The molecule has 0 saturated heterocycles. The molecule has 8 fully saturated rings. The van der Waals surface area contributed by atoms with Gasteiger partial charge in [-0.2, -0.15) is 0 Å². The Balaban J connectivity index is 0.000000167. The van der Waals surface area contributed by atoms with Gasteiger partial charge in [0.25, 0.3) is 0 Å². The smallest absolute Gasteiger partial charge is 0.303 e. The topological polar surface area (TPSA) is 112 Å². The van der Waals surface area contributed by atoms with Gasteiger partial charge in [-0.25, -0.2) is 0 Å². The van der Waals surface area contributed by atoms with E-state index in [0.717, 1.165) is 56.8 Å². The molecule has 5 unspecified atom stereocenters. The summed E-state index contributed by atoms with van der Waals surface area (Å²) in [4.78, 5) is 36.4. The van der Waals surface area contributed by atoms with Crippen LogP contribution in [0.3, 0.4) is 0 Å². The van der Waals surface area contributed by atoms with E-state index in [1.165, 1.54) is 64.2 Å². The summed E-state index contributed by atoms with van der Waals surface area (Å²) in [5.74, 6) is 6.64. The molecule has 8 rings (SSSR count). The van der Waals surface area contributed by atoms with E-state index in [-0.39, 0.29) is 34.9 Å². The summed E-state index contributed by atoms with van der Waals surface area (Å²) in [5, 5.41) is 30.5. The first-order valence-electron chi connectivity index (χ1n) is 23.1. The molecular weight excluding hydrogens is 673 g/mol. The van der Waals surface area contributed by atoms with Crippen LogP contribution in [0.4, 0.5) is 0 Å². The molecule has 0 aliphatic heterocycles. The molecule has 54 heavy (non-hydrogen) atoms. The van der Waals surface area contributed by atoms with E-state index in [0.29, 0.717) is 89.0 Å². The average molecular weight is 751 g/mol. The number of Topliss-reactive ketones (excluding diaryl/α,β-unsaturated/α-hetero) is 2. The molecule has 0 amide bonds. The van der Waals surface area contributed by atoms with Gasteiger partial charge in [0.15, 0.2) is 0 Å². The minimum Gasteiger partial charge on any atom is -0.481 e. The maximum absolute atomic E-state index is 13.3. The van der Waals surface area contributed by atoms with Crippen LogP contribution in [0.5, 0.6) is 0 Å². The second-order valence-electron chi connectivity index (χ2n) is 22.2. The SMILES string of the molecule is CCC[C@@H](C)[C@H]1CCC2[C@@H]3C(=O)C[C@@H]4CC(=O)CC[C@]4(C)C3CC[C@@]21C.C[C@H](CCC(=O)O)[C@H]1CCC2[C@@H]3C(O)C[C@@H]4C[C@@H](O)CC[C@]4(C)C3CC[C@@]21C. The Labute approximate surface area is 328 Å². The number of fused-ring (bicyclic) bond motifs is 10. The van der Waals surface area contributed by atoms with Crippen LogP contribution in [0, 0.1) is 92.7 Å². The van der Waals surface area contributed by atoms with Crippen molar-refractivity contribution in [2.75, 3.05) is 0 Å². The predicted octanol–water partition coefficient (Wildman–Crippen LogP) is 10.3. The Morgan fingerprint density at radius 1 is 0.685 bits per heavy atom. The third kappa shape index (κ3) is 6.71. The highest BCUT2D eigenvalue weighted by molar-refractivity contribution is 5.86. The summed E-state index contributed by atoms with van der Waals surface area (Å²) in [6.07, 6.45) is 20.1. The Morgan fingerprint density at radius 2 is 1.24 bits per heavy atom. The number of ketones is 2. The van der Waals surface area contributed by atoms with Crippen molar-refractivity contribution in [2.45, 2.75) is 189 Å². The fraction of sp³-hybridized carbons (Fsp3) is 0.938. The van der Waals surface area contributed by atoms with Gasteiger partial charge in [-0.3, -0.25) is 14.4 Å². The number of carbonyl (C=O) groups is 3. The quantitative estimate of drug-likeness (QED) is 0.239. The van der Waals surface area contributed by atoms with Crippen molar-refractivity contribution in [3.63, 3.8) is 0 Å². The maximum Gasteiger partial charge on any atom is 0.303 e. The number of rotatable bonds is 7. The molecule has 8 saturated carbocycles. The molecule has 6 heteroatoms. The Kier molecular flexibility index (Phi) is 11.5. The van der Waals surface area contributed by atoms with Crippen molar-refractivity contribution in [2.24, 2.45) is 92.7 Å². The molecule has 3 N–H and O–H groups in total. The van der Waals surface area contributed by atoms with Crippen LogP contribution in [0.1, 0.15) is 177 Å². The number of aliphatic hydroxyl groups is 2. The third-order valence-electron chi connectivity index (χ3n) is 20.0. The molecule has 0 heterocycles. The van der Waals surface area contributed by atoms with E-state index in [4.69, 9.17) is 5.11 Å². The van der Waals surface area contributed by atoms with Crippen LogP contribution >= 0.6 is 0 Å². The summed E-state index contributed by atoms with van der Waals surface area (Å²) in [6, 6.07) is 0. The maximum atomic E-state index is 13.3. The van der Waals surface area contributed by atoms with Crippen molar-refractivity contribution in [1.82, 2.24) is 0 Å². The molecular formula is C48H78O6. The zero-order valence-corrected chi connectivity index (χ0v) is 35.3. The number of carboxylic acids is 1. The van der Waals surface area contributed by atoms with Crippen LogP contribution in [-0.2, 0) is 14.4 Å². The van der Waals surface area contributed by atoms with Gasteiger partial charge in [-0.15, -0.1) is 0 Å². The summed E-state index contributed by atoms with van der Waals surface area (Å²) < 4.78 is 0. The van der Waals surface area contributed by atoms with E-state index in [1.807, 2.05) is 0 Å².